The molecule has 1 N–H and O–H groups in total. The molecular weight excluding hydrogens is 242 g/mol. The molecule has 0 radical (unpaired) electrons. The van der Waals surface area contributed by atoms with Crippen LogP contribution in [0.4, 0.5) is 5.69 Å². The van der Waals surface area contributed by atoms with Gasteiger partial charge < -0.3 is 5.32 Å². The second kappa shape index (κ2) is 6.13. The van der Waals surface area contributed by atoms with Gasteiger partial charge in [-0.2, -0.15) is 0 Å². The van der Waals surface area contributed by atoms with Crippen molar-refractivity contribution in [2.45, 2.75) is 46.6 Å². The first kappa shape index (κ1) is 14.6. The van der Waals surface area contributed by atoms with Gasteiger partial charge in [0.15, 0.2) is 0 Å². The minimum Gasteiger partial charge on any atom is -0.378 e. The largest absolute Gasteiger partial charge is 0.378 e. The van der Waals surface area contributed by atoms with Crippen molar-refractivity contribution in [3.05, 3.63) is 64.7 Å². The lowest BCUT2D eigenvalue weighted by Gasteiger charge is -2.20. The second-order valence-electron chi connectivity index (χ2n) is 5.95. The summed E-state index contributed by atoms with van der Waals surface area (Å²) in [5.41, 5.74) is 6.67. The van der Waals surface area contributed by atoms with Gasteiger partial charge in [-0.25, -0.2) is 0 Å². The monoisotopic (exact) mass is 267 g/mol. The van der Waals surface area contributed by atoms with Crippen molar-refractivity contribution < 1.29 is 0 Å². The summed E-state index contributed by atoms with van der Waals surface area (Å²) in [6, 6.07) is 15.6. The van der Waals surface area contributed by atoms with Gasteiger partial charge in [-0.3, -0.25) is 0 Å². The Morgan fingerprint density at radius 1 is 0.850 bits per heavy atom. The molecule has 106 valence electrons. The summed E-state index contributed by atoms with van der Waals surface area (Å²) < 4.78 is 0. The summed E-state index contributed by atoms with van der Waals surface area (Å²) in [5, 5.41) is 3.65. The van der Waals surface area contributed by atoms with Gasteiger partial charge in [0.1, 0.15) is 0 Å². The maximum absolute atomic E-state index is 3.65. The van der Waals surface area contributed by atoms with Crippen molar-refractivity contribution in [3.8, 4) is 0 Å². The highest BCUT2D eigenvalue weighted by molar-refractivity contribution is 5.54. The average molecular weight is 267 g/mol. The smallest absolute Gasteiger partial charge is 0.0485 e. The molecule has 0 saturated heterocycles. The third kappa shape index (κ3) is 3.22. The van der Waals surface area contributed by atoms with Gasteiger partial charge in [0.2, 0.25) is 0 Å². The summed E-state index contributed by atoms with van der Waals surface area (Å²) >= 11 is 0. The molecule has 1 unspecified atom stereocenters. The molecule has 0 spiro atoms. The fraction of sp³-hybridized carbons (Fsp3) is 0.368. The van der Waals surface area contributed by atoms with Gasteiger partial charge in [0, 0.05) is 11.7 Å². The van der Waals surface area contributed by atoms with Crippen LogP contribution in [0, 0.1) is 13.8 Å². The number of anilines is 1. The number of benzene rings is 2. The Labute approximate surface area is 123 Å². The zero-order valence-corrected chi connectivity index (χ0v) is 13.2. The molecule has 0 saturated carbocycles. The van der Waals surface area contributed by atoms with Crippen LogP contribution in [0.25, 0.3) is 0 Å². The molecule has 0 fully saturated rings. The van der Waals surface area contributed by atoms with E-state index < -0.39 is 0 Å². The average Bonchev–Trinajstić information content (AvgIpc) is 2.42. The standard InChI is InChI=1S/C19H25N/c1-13(2)18-8-6-7-9-19(18)20-16(5)17-11-10-14(3)15(4)12-17/h6-13,16,20H,1-5H3. The van der Waals surface area contributed by atoms with E-state index in [2.05, 4.69) is 82.4 Å². The Balaban J connectivity index is 2.23. The molecule has 1 heteroatoms. The predicted octanol–water partition coefficient (Wildman–Crippen LogP) is 5.60. The van der Waals surface area contributed by atoms with Gasteiger partial charge in [-0.1, -0.05) is 50.2 Å². The summed E-state index contributed by atoms with van der Waals surface area (Å²) in [5.74, 6) is 0.533. The molecule has 0 bridgehead atoms. The van der Waals surface area contributed by atoms with Gasteiger partial charge in [0.25, 0.3) is 0 Å². The quantitative estimate of drug-likeness (QED) is 0.760. The minimum absolute atomic E-state index is 0.314. The van der Waals surface area contributed by atoms with E-state index in [4.69, 9.17) is 0 Å². The number of nitrogens with one attached hydrogen (secondary N) is 1. The number of rotatable bonds is 4. The molecular formula is C19H25N. The van der Waals surface area contributed by atoms with Crippen molar-refractivity contribution >= 4 is 5.69 Å². The lowest BCUT2D eigenvalue weighted by molar-refractivity contribution is 0.840. The van der Waals surface area contributed by atoms with Crippen molar-refractivity contribution in [2.75, 3.05) is 5.32 Å². The summed E-state index contributed by atoms with van der Waals surface area (Å²) in [7, 11) is 0. The van der Waals surface area contributed by atoms with E-state index in [1.807, 2.05) is 0 Å². The first-order valence-corrected chi connectivity index (χ1v) is 7.41. The molecule has 0 aliphatic carbocycles. The summed E-state index contributed by atoms with van der Waals surface area (Å²) in [6.07, 6.45) is 0. The maximum atomic E-state index is 3.65. The molecule has 0 aromatic heterocycles. The number of aryl methyl sites for hydroxylation is 2. The van der Waals surface area contributed by atoms with Crippen LogP contribution in [-0.4, -0.2) is 0 Å². The van der Waals surface area contributed by atoms with Crippen molar-refractivity contribution in [1.29, 1.82) is 0 Å². The van der Waals surface area contributed by atoms with Crippen LogP contribution in [0.1, 0.15) is 55.0 Å². The Morgan fingerprint density at radius 3 is 2.20 bits per heavy atom. The van der Waals surface area contributed by atoms with Gasteiger partial charge in [-0.05, 0) is 55.0 Å². The maximum Gasteiger partial charge on any atom is 0.0485 e. The van der Waals surface area contributed by atoms with Gasteiger partial charge in [0.05, 0.1) is 0 Å². The summed E-state index contributed by atoms with van der Waals surface area (Å²) in [6.45, 7) is 11.0. The van der Waals surface area contributed by atoms with Gasteiger partial charge in [-0.15, -0.1) is 0 Å². The van der Waals surface area contributed by atoms with E-state index in [0.717, 1.165) is 0 Å². The molecule has 0 amide bonds. The fourth-order valence-electron chi connectivity index (χ4n) is 2.48. The molecule has 0 aliphatic rings. The van der Waals surface area contributed by atoms with Crippen molar-refractivity contribution in [1.82, 2.24) is 0 Å². The molecule has 2 aromatic carbocycles. The minimum atomic E-state index is 0.314. The first-order chi connectivity index (χ1) is 9.49. The molecule has 2 aromatic rings. The zero-order chi connectivity index (χ0) is 14.7. The van der Waals surface area contributed by atoms with E-state index in [1.165, 1.54) is 27.9 Å². The lowest BCUT2D eigenvalue weighted by Crippen LogP contribution is -2.09. The Morgan fingerprint density at radius 2 is 1.55 bits per heavy atom. The fourth-order valence-corrected chi connectivity index (χ4v) is 2.48. The number of hydrogen-bond acceptors (Lipinski definition) is 1. The molecule has 2 rings (SSSR count). The highest BCUT2D eigenvalue weighted by Gasteiger charge is 2.10. The van der Waals surface area contributed by atoms with Crippen LogP contribution in [0.5, 0.6) is 0 Å². The SMILES string of the molecule is Cc1ccc(C(C)Nc2ccccc2C(C)C)cc1C. The van der Waals surface area contributed by atoms with Crippen LogP contribution in [-0.2, 0) is 0 Å². The number of hydrogen-bond donors (Lipinski definition) is 1. The van der Waals surface area contributed by atoms with E-state index >= 15 is 0 Å². The molecule has 0 heterocycles. The lowest BCUT2D eigenvalue weighted by atomic mass is 9.99. The third-order valence-electron chi connectivity index (χ3n) is 3.99. The van der Waals surface area contributed by atoms with E-state index in [-0.39, 0.29) is 0 Å². The van der Waals surface area contributed by atoms with E-state index in [1.54, 1.807) is 0 Å². The van der Waals surface area contributed by atoms with Crippen molar-refractivity contribution in [3.63, 3.8) is 0 Å². The Kier molecular flexibility index (Phi) is 4.49. The highest BCUT2D eigenvalue weighted by Crippen LogP contribution is 2.28. The summed E-state index contributed by atoms with van der Waals surface area (Å²) in [4.78, 5) is 0. The van der Waals surface area contributed by atoms with Crippen LogP contribution in [0.2, 0.25) is 0 Å². The van der Waals surface area contributed by atoms with Crippen LogP contribution < -0.4 is 5.32 Å². The highest BCUT2D eigenvalue weighted by atomic mass is 14.9. The topological polar surface area (TPSA) is 12.0 Å². The Bertz CT molecular complexity index is 584. The first-order valence-electron chi connectivity index (χ1n) is 7.41. The number of para-hydroxylation sites is 1. The Hall–Kier alpha value is -1.76. The molecule has 1 nitrogen and oxygen atoms in total. The van der Waals surface area contributed by atoms with Crippen molar-refractivity contribution in [2.24, 2.45) is 0 Å². The third-order valence-corrected chi connectivity index (χ3v) is 3.99. The predicted molar refractivity (Wildman–Crippen MR) is 88.5 cm³/mol. The van der Waals surface area contributed by atoms with Crippen LogP contribution in [0.3, 0.4) is 0 Å². The van der Waals surface area contributed by atoms with Crippen LogP contribution in [0.15, 0.2) is 42.5 Å². The second-order valence-corrected chi connectivity index (χ2v) is 5.95. The van der Waals surface area contributed by atoms with E-state index in [9.17, 15) is 0 Å². The molecule has 1 atom stereocenters. The molecule has 0 aliphatic heterocycles. The zero-order valence-electron chi connectivity index (χ0n) is 13.2. The van der Waals surface area contributed by atoms with Gasteiger partial charge >= 0.3 is 0 Å². The van der Waals surface area contributed by atoms with Crippen LogP contribution >= 0.6 is 0 Å². The molecule has 20 heavy (non-hydrogen) atoms. The normalized spacial score (nSPS) is 12.5. The van der Waals surface area contributed by atoms with E-state index in [0.29, 0.717) is 12.0 Å².